The summed E-state index contributed by atoms with van der Waals surface area (Å²) in [6, 6.07) is 10.7. The van der Waals surface area contributed by atoms with Crippen LogP contribution < -0.4 is 14.8 Å². The molecule has 0 saturated heterocycles. The van der Waals surface area contributed by atoms with Gasteiger partial charge in [0.2, 0.25) is 11.0 Å². The number of hydrogen-bond acceptors (Lipinski definition) is 6. The molecule has 1 N–H and O–H groups in total. The van der Waals surface area contributed by atoms with E-state index in [1.165, 1.54) is 36.7 Å². The van der Waals surface area contributed by atoms with E-state index in [-0.39, 0.29) is 12.5 Å². The van der Waals surface area contributed by atoms with Crippen LogP contribution in [0.1, 0.15) is 54.2 Å². The number of anilines is 1. The van der Waals surface area contributed by atoms with Crippen LogP contribution in [0.4, 0.5) is 5.13 Å². The van der Waals surface area contributed by atoms with Crippen LogP contribution in [-0.2, 0) is 11.4 Å². The normalized spacial score (nSPS) is 14.3. The van der Waals surface area contributed by atoms with Crippen molar-refractivity contribution >= 4 is 51.7 Å². The van der Waals surface area contributed by atoms with Gasteiger partial charge in [-0.1, -0.05) is 65.9 Å². The van der Waals surface area contributed by atoms with Crippen molar-refractivity contribution in [3.05, 3.63) is 68.7 Å². The van der Waals surface area contributed by atoms with Crippen LogP contribution >= 0.6 is 34.5 Å². The Labute approximate surface area is 212 Å². The lowest BCUT2D eigenvalue weighted by molar-refractivity contribution is -0.111. The van der Waals surface area contributed by atoms with Crippen molar-refractivity contribution in [3.63, 3.8) is 0 Å². The molecule has 34 heavy (non-hydrogen) atoms. The van der Waals surface area contributed by atoms with Crippen LogP contribution in [0, 0.1) is 0 Å². The molecule has 1 aromatic heterocycles. The van der Waals surface area contributed by atoms with Gasteiger partial charge in [-0.05, 0) is 48.7 Å². The maximum atomic E-state index is 12.4. The van der Waals surface area contributed by atoms with Gasteiger partial charge in [-0.3, -0.25) is 10.1 Å². The van der Waals surface area contributed by atoms with Gasteiger partial charge in [0, 0.05) is 27.6 Å². The molecule has 178 valence electrons. The number of nitrogens with one attached hydrogen (secondary N) is 1. The maximum absolute atomic E-state index is 12.4. The smallest absolute Gasteiger partial charge is 0.250 e. The van der Waals surface area contributed by atoms with E-state index in [2.05, 4.69) is 15.5 Å². The monoisotopic (exact) mass is 517 g/mol. The Bertz CT molecular complexity index is 1160. The number of methoxy groups -OCH3 is 1. The first kappa shape index (κ1) is 24.5. The lowest BCUT2D eigenvalue weighted by Gasteiger charge is -2.18. The predicted octanol–water partition coefficient (Wildman–Crippen LogP) is 7.13. The van der Waals surface area contributed by atoms with Crippen LogP contribution in [0.5, 0.6) is 11.5 Å². The largest absolute Gasteiger partial charge is 0.493 e. The Hall–Kier alpha value is -2.61. The zero-order valence-corrected chi connectivity index (χ0v) is 21.1. The predicted molar refractivity (Wildman–Crippen MR) is 137 cm³/mol. The minimum Gasteiger partial charge on any atom is -0.493 e. The van der Waals surface area contributed by atoms with Gasteiger partial charge in [-0.25, -0.2) is 0 Å². The standard InChI is InChI=1S/C25H25Cl2N3O3S/c1-32-22-14-16(10-12-21(22)33-15-18-19(26)8-5-9-20(18)27)11-13-23(31)28-25-30-29-24(34-25)17-6-3-2-4-7-17/h5,8-14,17H,2-4,6-7,15H2,1H3,(H,28,30,31)/b13-11+. The number of carbonyl (C=O) groups is 1. The highest BCUT2D eigenvalue weighted by molar-refractivity contribution is 7.15. The van der Waals surface area contributed by atoms with Crippen molar-refractivity contribution in [2.24, 2.45) is 0 Å². The molecule has 1 aliphatic carbocycles. The summed E-state index contributed by atoms with van der Waals surface area (Å²) in [7, 11) is 1.56. The fraction of sp³-hybridized carbons (Fsp3) is 0.320. The third-order valence-corrected chi connectivity index (χ3v) is 7.38. The van der Waals surface area contributed by atoms with Gasteiger partial charge in [0.05, 0.1) is 7.11 Å². The number of benzene rings is 2. The molecule has 1 saturated carbocycles. The number of hydrogen-bond donors (Lipinski definition) is 1. The second-order valence-corrected chi connectivity index (χ2v) is 9.83. The lowest BCUT2D eigenvalue weighted by atomic mass is 9.90. The Morgan fingerprint density at radius 2 is 1.88 bits per heavy atom. The Morgan fingerprint density at radius 3 is 2.62 bits per heavy atom. The highest BCUT2D eigenvalue weighted by atomic mass is 35.5. The van der Waals surface area contributed by atoms with Gasteiger partial charge < -0.3 is 9.47 Å². The molecule has 0 bridgehead atoms. The van der Waals surface area contributed by atoms with Gasteiger partial charge in [0.25, 0.3) is 0 Å². The molecule has 2 aromatic carbocycles. The Kier molecular flexibility index (Phi) is 8.43. The number of amides is 1. The molecule has 0 unspecified atom stereocenters. The summed E-state index contributed by atoms with van der Waals surface area (Å²) in [6.07, 6.45) is 9.21. The first-order chi connectivity index (χ1) is 16.5. The zero-order chi connectivity index (χ0) is 23.9. The molecule has 4 rings (SSSR count). The molecular formula is C25H25Cl2N3O3S. The van der Waals surface area contributed by atoms with E-state index in [9.17, 15) is 4.79 Å². The van der Waals surface area contributed by atoms with Gasteiger partial charge >= 0.3 is 0 Å². The molecule has 1 fully saturated rings. The number of carbonyl (C=O) groups excluding carboxylic acids is 1. The van der Waals surface area contributed by atoms with Crippen LogP contribution in [0.15, 0.2) is 42.5 Å². The molecule has 0 radical (unpaired) electrons. The van der Waals surface area contributed by atoms with Crippen molar-refractivity contribution in [1.29, 1.82) is 0 Å². The number of rotatable bonds is 8. The quantitative estimate of drug-likeness (QED) is 0.321. The van der Waals surface area contributed by atoms with Gasteiger partial charge in [-0.2, -0.15) is 0 Å². The molecule has 1 amide bonds. The van der Waals surface area contributed by atoms with Gasteiger partial charge in [0.15, 0.2) is 11.5 Å². The minimum atomic E-state index is -0.265. The number of ether oxygens (including phenoxy) is 2. The lowest BCUT2D eigenvalue weighted by Crippen LogP contribution is -2.07. The van der Waals surface area contributed by atoms with Crippen molar-refractivity contribution < 1.29 is 14.3 Å². The van der Waals surface area contributed by atoms with E-state index < -0.39 is 0 Å². The second kappa shape index (κ2) is 11.7. The topological polar surface area (TPSA) is 73.3 Å². The average Bonchev–Trinajstić information content (AvgIpc) is 3.31. The van der Waals surface area contributed by atoms with Crippen molar-refractivity contribution in [1.82, 2.24) is 10.2 Å². The molecule has 1 heterocycles. The zero-order valence-electron chi connectivity index (χ0n) is 18.7. The fourth-order valence-corrected chi connectivity index (χ4v) is 5.27. The molecule has 9 heteroatoms. The van der Waals surface area contributed by atoms with Crippen LogP contribution in [0.2, 0.25) is 10.0 Å². The summed E-state index contributed by atoms with van der Waals surface area (Å²) >= 11 is 13.9. The molecule has 6 nitrogen and oxygen atoms in total. The number of aromatic nitrogens is 2. The SMILES string of the molecule is COc1cc(/C=C/C(=O)Nc2nnc(C3CCCCC3)s2)ccc1OCc1c(Cl)cccc1Cl. The van der Waals surface area contributed by atoms with Crippen molar-refractivity contribution in [3.8, 4) is 11.5 Å². The number of nitrogens with zero attached hydrogens (tertiary/aromatic N) is 2. The third-order valence-electron chi connectivity index (χ3n) is 5.67. The fourth-order valence-electron chi connectivity index (χ4n) is 3.85. The van der Waals surface area contributed by atoms with Crippen molar-refractivity contribution in [2.75, 3.05) is 12.4 Å². The van der Waals surface area contributed by atoms with E-state index in [0.717, 1.165) is 23.4 Å². The van der Waals surface area contributed by atoms with Gasteiger partial charge in [-0.15, -0.1) is 10.2 Å². The first-order valence-electron chi connectivity index (χ1n) is 11.1. The molecule has 0 aliphatic heterocycles. The summed E-state index contributed by atoms with van der Waals surface area (Å²) in [5.74, 6) is 1.28. The van der Waals surface area contributed by atoms with E-state index in [1.807, 2.05) is 6.07 Å². The highest BCUT2D eigenvalue weighted by Gasteiger charge is 2.20. The Balaban J connectivity index is 1.36. The van der Waals surface area contributed by atoms with Gasteiger partial charge in [0.1, 0.15) is 11.6 Å². The summed E-state index contributed by atoms with van der Waals surface area (Å²) in [6.45, 7) is 0.206. The molecule has 0 atom stereocenters. The van der Waals surface area contributed by atoms with E-state index >= 15 is 0 Å². The second-order valence-electron chi connectivity index (χ2n) is 8.00. The van der Waals surface area contributed by atoms with Crippen LogP contribution in [0.25, 0.3) is 6.08 Å². The van der Waals surface area contributed by atoms with Crippen molar-refractivity contribution in [2.45, 2.75) is 44.6 Å². The third kappa shape index (κ3) is 6.29. The average molecular weight is 518 g/mol. The van der Waals surface area contributed by atoms with Crippen LogP contribution in [0.3, 0.4) is 0 Å². The molecular weight excluding hydrogens is 493 g/mol. The summed E-state index contributed by atoms with van der Waals surface area (Å²) in [5, 5.41) is 13.8. The molecule has 1 aliphatic rings. The summed E-state index contributed by atoms with van der Waals surface area (Å²) in [4.78, 5) is 12.4. The summed E-state index contributed by atoms with van der Waals surface area (Å²) < 4.78 is 11.3. The van der Waals surface area contributed by atoms with Crippen LogP contribution in [-0.4, -0.2) is 23.2 Å². The Morgan fingerprint density at radius 1 is 1.12 bits per heavy atom. The molecule has 3 aromatic rings. The van der Waals surface area contributed by atoms with E-state index in [1.54, 1.807) is 43.5 Å². The minimum absolute atomic E-state index is 0.206. The summed E-state index contributed by atoms with van der Waals surface area (Å²) in [5.41, 5.74) is 1.49. The highest BCUT2D eigenvalue weighted by Crippen LogP contribution is 2.35. The van der Waals surface area contributed by atoms with E-state index in [0.29, 0.717) is 38.2 Å². The maximum Gasteiger partial charge on any atom is 0.250 e. The number of halogens is 2. The van der Waals surface area contributed by atoms with E-state index in [4.69, 9.17) is 32.7 Å². The molecule has 0 spiro atoms. The first-order valence-corrected chi connectivity index (χ1v) is 12.7.